The smallest absolute Gasteiger partial charge is 0.300 e. The number of hydrogen-bond donors (Lipinski definition) is 0. The minimum absolute atomic E-state index is 0.317. The Hall–Kier alpha value is -2.21. The van der Waals surface area contributed by atoms with Crippen LogP contribution in [0.1, 0.15) is 10.5 Å². The highest BCUT2D eigenvalue weighted by Gasteiger charge is 2.09. The monoisotopic (exact) mass is 272 g/mol. The molecule has 3 aromatic rings. The average Bonchev–Trinajstić information content (AvgIpc) is 2.96. The summed E-state index contributed by atoms with van der Waals surface area (Å²) >= 11 is 1.49. The number of benzene rings is 1. The number of fused-ring (bicyclic) bond motifs is 1. The number of carbonyl (C=O) groups excluding carboxylic acids is 1. The Balaban J connectivity index is 2.11. The number of hydrogen-bond acceptors (Lipinski definition) is 3. The maximum absolute atomic E-state index is 12.0. The Kier molecular flexibility index (Phi) is 2.79. The molecule has 0 radical (unpaired) electrons. The lowest BCUT2D eigenvalue weighted by Gasteiger charge is -1.93. The number of aromatic nitrogens is 3. The van der Waals surface area contributed by atoms with Gasteiger partial charge in [0, 0.05) is 20.3 Å². The summed E-state index contributed by atoms with van der Waals surface area (Å²) in [5.41, 5.74) is 1.43. The number of para-hydroxylation sites is 1. The van der Waals surface area contributed by atoms with E-state index in [0.717, 1.165) is 10.2 Å². The molecular formula is C13H12N4OS. The average molecular weight is 272 g/mol. The van der Waals surface area contributed by atoms with Gasteiger partial charge in [0.15, 0.2) is 10.5 Å². The first-order chi connectivity index (χ1) is 9.15. The zero-order valence-corrected chi connectivity index (χ0v) is 11.4. The predicted molar refractivity (Wildman–Crippen MR) is 73.9 cm³/mol. The Morgan fingerprint density at radius 2 is 2.05 bits per heavy atom. The van der Waals surface area contributed by atoms with Crippen LogP contribution < -0.4 is 4.80 Å². The molecule has 0 aliphatic rings. The largest absolute Gasteiger partial charge is 0.319 e. The highest BCUT2D eigenvalue weighted by atomic mass is 32.1. The fourth-order valence-corrected chi connectivity index (χ4v) is 2.88. The van der Waals surface area contributed by atoms with Crippen molar-refractivity contribution in [2.24, 2.45) is 19.1 Å². The van der Waals surface area contributed by atoms with Crippen molar-refractivity contribution in [2.75, 3.05) is 0 Å². The molecule has 6 heteroatoms. The van der Waals surface area contributed by atoms with Gasteiger partial charge in [-0.3, -0.25) is 9.48 Å². The van der Waals surface area contributed by atoms with Gasteiger partial charge in [0.05, 0.1) is 10.2 Å². The second kappa shape index (κ2) is 4.47. The number of aryl methyl sites for hydroxylation is 2. The summed E-state index contributed by atoms with van der Waals surface area (Å²) in [6.07, 6.45) is 1.73. The van der Waals surface area contributed by atoms with Crippen LogP contribution in [0.3, 0.4) is 0 Å². The quantitative estimate of drug-likeness (QED) is 0.677. The molecule has 19 heavy (non-hydrogen) atoms. The number of carbonyl (C=O) groups is 1. The zero-order chi connectivity index (χ0) is 13.4. The first kappa shape index (κ1) is 11.9. The van der Waals surface area contributed by atoms with Crippen LogP contribution in [0.4, 0.5) is 0 Å². The molecule has 0 spiro atoms. The number of rotatable bonds is 1. The third kappa shape index (κ3) is 2.10. The molecule has 0 saturated carbocycles. The molecule has 2 heterocycles. The second-order valence-electron chi connectivity index (χ2n) is 4.20. The van der Waals surface area contributed by atoms with Gasteiger partial charge in [-0.1, -0.05) is 23.5 Å². The summed E-state index contributed by atoms with van der Waals surface area (Å²) in [6, 6.07) is 9.64. The van der Waals surface area contributed by atoms with Crippen molar-refractivity contribution in [3.05, 3.63) is 47.0 Å². The van der Waals surface area contributed by atoms with E-state index >= 15 is 0 Å². The Morgan fingerprint density at radius 3 is 2.74 bits per heavy atom. The van der Waals surface area contributed by atoms with Gasteiger partial charge in [-0.25, -0.2) is 0 Å². The molecule has 1 amide bonds. The predicted octanol–water partition coefficient (Wildman–Crippen LogP) is 1.71. The van der Waals surface area contributed by atoms with Crippen molar-refractivity contribution in [3.8, 4) is 0 Å². The van der Waals surface area contributed by atoms with E-state index in [1.165, 1.54) is 11.3 Å². The highest BCUT2D eigenvalue weighted by molar-refractivity contribution is 7.16. The zero-order valence-electron chi connectivity index (χ0n) is 10.6. The van der Waals surface area contributed by atoms with Crippen LogP contribution in [0.15, 0.2) is 41.5 Å². The van der Waals surface area contributed by atoms with Gasteiger partial charge < -0.3 is 4.57 Å². The van der Waals surface area contributed by atoms with E-state index in [1.807, 2.05) is 35.9 Å². The molecule has 2 aromatic heterocycles. The van der Waals surface area contributed by atoms with Crippen molar-refractivity contribution in [1.29, 1.82) is 0 Å². The summed E-state index contributed by atoms with van der Waals surface area (Å²) in [7, 11) is 3.68. The van der Waals surface area contributed by atoms with Gasteiger partial charge in [-0.2, -0.15) is 10.1 Å². The van der Waals surface area contributed by atoms with Crippen LogP contribution in [0.2, 0.25) is 0 Å². The first-order valence-electron chi connectivity index (χ1n) is 5.78. The highest BCUT2D eigenvalue weighted by Crippen LogP contribution is 2.15. The van der Waals surface area contributed by atoms with E-state index in [2.05, 4.69) is 10.1 Å². The molecule has 0 saturated heterocycles. The molecule has 0 fully saturated rings. The number of nitrogens with zero attached hydrogens (tertiary/aromatic N) is 4. The van der Waals surface area contributed by atoms with E-state index < -0.39 is 0 Å². The third-order valence-corrected chi connectivity index (χ3v) is 3.96. The van der Waals surface area contributed by atoms with Gasteiger partial charge in [-0.15, -0.1) is 0 Å². The molecule has 0 atom stereocenters. The third-order valence-electron chi connectivity index (χ3n) is 2.84. The molecule has 0 unspecified atom stereocenters. The molecule has 3 rings (SSSR count). The van der Waals surface area contributed by atoms with Gasteiger partial charge in [0.25, 0.3) is 5.91 Å². The molecule has 5 nitrogen and oxygen atoms in total. The molecule has 0 N–H and O–H groups in total. The minimum atomic E-state index is -0.317. The summed E-state index contributed by atoms with van der Waals surface area (Å²) in [5, 5.41) is 4.06. The summed E-state index contributed by atoms with van der Waals surface area (Å²) in [5.74, 6) is -0.317. The maximum atomic E-state index is 12.0. The van der Waals surface area contributed by atoms with Gasteiger partial charge in [-0.05, 0) is 18.2 Å². The number of thiazole rings is 1. The number of amides is 1. The Morgan fingerprint density at radius 1 is 1.26 bits per heavy atom. The molecule has 96 valence electrons. The lowest BCUT2D eigenvalue weighted by molar-refractivity contribution is 0.0992. The Labute approximate surface area is 113 Å². The van der Waals surface area contributed by atoms with Crippen molar-refractivity contribution in [1.82, 2.24) is 14.3 Å². The van der Waals surface area contributed by atoms with Crippen LogP contribution >= 0.6 is 11.3 Å². The van der Waals surface area contributed by atoms with Gasteiger partial charge in [0.2, 0.25) is 0 Å². The van der Waals surface area contributed by atoms with Gasteiger partial charge in [0.1, 0.15) is 0 Å². The lowest BCUT2D eigenvalue weighted by atomic mass is 10.3. The summed E-state index contributed by atoms with van der Waals surface area (Å²) in [4.78, 5) is 16.8. The van der Waals surface area contributed by atoms with Crippen LogP contribution in [0.5, 0.6) is 0 Å². The van der Waals surface area contributed by atoms with E-state index in [-0.39, 0.29) is 5.91 Å². The van der Waals surface area contributed by atoms with E-state index in [1.54, 1.807) is 24.0 Å². The lowest BCUT2D eigenvalue weighted by Crippen LogP contribution is -2.13. The van der Waals surface area contributed by atoms with Crippen molar-refractivity contribution in [2.45, 2.75) is 0 Å². The topological polar surface area (TPSA) is 52.2 Å². The molecule has 1 aromatic carbocycles. The van der Waals surface area contributed by atoms with Crippen LogP contribution in [0, 0.1) is 0 Å². The standard InChI is InChI=1S/C13H12N4OS/c1-16-8-7-9(15-16)12(18)14-13-17(2)10-5-3-4-6-11(10)19-13/h3-8H,1-2H3. The minimum Gasteiger partial charge on any atom is -0.319 e. The summed E-state index contributed by atoms with van der Waals surface area (Å²) < 4.78 is 4.62. The molecule has 0 bridgehead atoms. The maximum Gasteiger partial charge on any atom is 0.300 e. The SMILES string of the molecule is Cn1ccc(C(=O)N=c2sc3ccccc3n2C)n1. The van der Waals surface area contributed by atoms with Gasteiger partial charge >= 0.3 is 0 Å². The van der Waals surface area contributed by atoms with Crippen molar-refractivity contribution >= 4 is 27.5 Å². The van der Waals surface area contributed by atoms with E-state index in [4.69, 9.17) is 0 Å². The summed E-state index contributed by atoms with van der Waals surface area (Å²) in [6.45, 7) is 0. The normalized spacial score (nSPS) is 12.2. The fourth-order valence-electron chi connectivity index (χ4n) is 1.86. The fraction of sp³-hybridized carbons (Fsp3) is 0.154. The first-order valence-corrected chi connectivity index (χ1v) is 6.60. The van der Waals surface area contributed by atoms with Crippen molar-refractivity contribution < 1.29 is 4.79 Å². The molecule has 0 aliphatic heterocycles. The van der Waals surface area contributed by atoms with E-state index in [0.29, 0.717) is 10.5 Å². The van der Waals surface area contributed by atoms with Crippen LogP contribution in [-0.4, -0.2) is 20.3 Å². The van der Waals surface area contributed by atoms with Crippen LogP contribution in [-0.2, 0) is 14.1 Å². The Bertz CT molecular complexity index is 824. The van der Waals surface area contributed by atoms with Crippen LogP contribution in [0.25, 0.3) is 10.2 Å². The second-order valence-corrected chi connectivity index (χ2v) is 5.21. The van der Waals surface area contributed by atoms with Crippen molar-refractivity contribution in [3.63, 3.8) is 0 Å². The molecule has 0 aliphatic carbocycles. The molecular weight excluding hydrogens is 260 g/mol. The van der Waals surface area contributed by atoms with E-state index in [9.17, 15) is 4.79 Å².